The van der Waals surface area contributed by atoms with Crippen LogP contribution in [0.4, 0.5) is 5.69 Å². The molecule has 2 aromatic carbocycles. The molecule has 0 aromatic heterocycles. The molecule has 1 N–H and O–H groups in total. The lowest BCUT2D eigenvalue weighted by molar-refractivity contribution is -0.144. The van der Waals surface area contributed by atoms with Crippen LogP contribution in [-0.2, 0) is 20.9 Å². The summed E-state index contributed by atoms with van der Waals surface area (Å²) >= 11 is 1.56. The monoisotopic (exact) mass is 585 g/mol. The molecule has 7 heteroatoms. The lowest BCUT2D eigenvalue weighted by Crippen LogP contribution is -2.32. The van der Waals surface area contributed by atoms with Gasteiger partial charge in [-0.15, -0.1) is 11.8 Å². The standard InChI is InChI=1S/C35H39NO5S/c1-20-9-8-10-25(23(20)4)33(37)41-24-12-13-27(30(17-24)39-7)26-14-15-29-32(21(2)18-35(5,6)36-29)28(26)19-40-34(38)31-16-11-22(3)42-31/h8-15,17-18,23,25,31,36H,16,19H2,1-7H3. The molecule has 2 aromatic rings. The third kappa shape index (κ3) is 6.07. The number of anilines is 1. The van der Waals surface area contributed by atoms with Crippen molar-refractivity contribution in [1.29, 1.82) is 0 Å². The maximum atomic E-state index is 13.1. The van der Waals surface area contributed by atoms with Gasteiger partial charge in [0, 0.05) is 28.4 Å². The summed E-state index contributed by atoms with van der Waals surface area (Å²) in [4.78, 5) is 27.2. The molecule has 1 aliphatic carbocycles. The predicted molar refractivity (Wildman–Crippen MR) is 171 cm³/mol. The van der Waals surface area contributed by atoms with Crippen molar-refractivity contribution >= 4 is 35.0 Å². The quantitative estimate of drug-likeness (QED) is 0.260. The van der Waals surface area contributed by atoms with E-state index in [2.05, 4.69) is 44.3 Å². The molecule has 3 unspecified atom stereocenters. The van der Waals surface area contributed by atoms with Crippen molar-refractivity contribution in [3.05, 3.63) is 82.3 Å². The minimum atomic E-state index is -0.342. The second kappa shape index (κ2) is 11.9. The fraction of sp³-hybridized carbons (Fsp3) is 0.371. The number of fused-ring (bicyclic) bond motifs is 1. The van der Waals surface area contributed by atoms with Gasteiger partial charge < -0.3 is 19.5 Å². The van der Waals surface area contributed by atoms with E-state index >= 15 is 0 Å². The number of hydrogen-bond donors (Lipinski definition) is 1. The van der Waals surface area contributed by atoms with Crippen molar-refractivity contribution in [3.8, 4) is 22.6 Å². The average Bonchev–Trinajstić information content (AvgIpc) is 3.38. The molecule has 0 saturated carbocycles. The molecular weight excluding hydrogens is 546 g/mol. The van der Waals surface area contributed by atoms with E-state index in [9.17, 15) is 9.59 Å². The number of methoxy groups -OCH3 is 1. The van der Waals surface area contributed by atoms with Crippen molar-refractivity contribution in [2.75, 3.05) is 12.4 Å². The Bertz CT molecular complexity index is 1550. The van der Waals surface area contributed by atoms with Gasteiger partial charge in [-0.1, -0.05) is 48.9 Å². The number of hydrogen-bond acceptors (Lipinski definition) is 7. The maximum absolute atomic E-state index is 13.1. The second-order valence-electron chi connectivity index (χ2n) is 11.8. The highest BCUT2D eigenvalue weighted by Gasteiger charge is 2.30. The Morgan fingerprint density at radius 1 is 1.07 bits per heavy atom. The van der Waals surface area contributed by atoms with Crippen LogP contribution in [0.5, 0.6) is 11.5 Å². The number of thioether (sulfide) groups is 1. The van der Waals surface area contributed by atoms with Gasteiger partial charge in [0.1, 0.15) is 23.4 Å². The highest BCUT2D eigenvalue weighted by molar-refractivity contribution is 8.04. The molecule has 0 saturated heterocycles. The molecule has 3 aliphatic rings. The molecule has 2 heterocycles. The summed E-state index contributed by atoms with van der Waals surface area (Å²) in [6.45, 7) is 12.5. The number of allylic oxidation sites excluding steroid dienone is 6. The minimum Gasteiger partial charge on any atom is -0.496 e. The van der Waals surface area contributed by atoms with Crippen LogP contribution < -0.4 is 14.8 Å². The average molecular weight is 586 g/mol. The molecule has 0 fully saturated rings. The lowest BCUT2D eigenvalue weighted by atomic mass is 9.84. The van der Waals surface area contributed by atoms with Crippen LogP contribution in [0.2, 0.25) is 0 Å². The van der Waals surface area contributed by atoms with Crippen LogP contribution in [0.3, 0.4) is 0 Å². The van der Waals surface area contributed by atoms with Crippen molar-refractivity contribution in [3.63, 3.8) is 0 Å². The molecule has 6 nitrogen and oxygen atoms in total. The molecule has 0 spiro atoms. The number of esters is 2. The van der Waals surface area contributed by atoms with Crippen molar-refractivity contribution in [2.24, 2.45) is 11.8 Å². The predicted octanol–water partition coefficient (Wildman–Crippen LogP) is 8.10. The summed E-state index contributed by atoms with van der Waals surface area (Å²) in [5, 5.41) is 3.39. The van der Waals surface area contributed by atoms with E-state index in [-0.39, 0.29) is 41.2 Å². The molecule has 0 bridgehead atoms. The molecule has 0 amide bonds. The van der Waals surface area contributed by atoms with Crippen molar-refractivity contribution in [2.45, 2.75) is 65.4 Å². The molecule has 3 atom stereocenters. The zero-order chi connectivity index (χ0) is 30.2. The summed E-state index contributed by atoms with van der Waals surface area (Å²) in [5.41, 5.74) is 6.67. The number of carbonyl (C=O) groups is 2. The first-order valence-corrected chi connectivity index (χ1v) is 15.2. The highest BCUT2D eigenvalue weighted by atomic mass is 32.2. The van der Waals surface area contributed by atoms with Crippen LogP contribution in [0, 0.1) is 11.8 Å². The minimum absolute atomic E-state index is 0.0710. The largest absolute Gasteiger partial charge is 0.496 e. The van der Waals surface area contributed by atoms with Crippen LogP contribution in [-0.4, -0.2) is 29.8 Å². The van der Waals surface area contributed by atoms with E-state index in [1.165, 1.54) is 0 Å². The van der Waals surface area contributed by atoms with Crippen LogP contribution >= 0.6 is 11.8 Å². The third-order valence-electron chi connectivity index (χ3n) is 8.20. The van der Waals surface area contributed by atoms with Gasteiger partial charge in [0.15, 0.2) is 0 Å². The van der Waals surface area contributed by atoms with E-state index < -0.39 is 0 Å². The molecule has 42 heavy (non-hydrogen) atoms. The Labute approximate surface area is 252 Å². The normalized spacial score (nSPS) is 22.3. The van der Waals surface area contributed by atoms with E-state index in [4.69, 9.17) is 14.2 Å². The molecule has 220 valence electrons. The summed E-state index contributed by atoms with van der Waals surface area (Å²) in [7, 11) is 1.60. The first-order valence-electron chi connectivity index (χ1n) is 14.4. The first kappa shape index (κ1) is 29.8. The Morgan fingerprint density at radius 3 is 2.55 bits per heavy atom. The number of ether oxygens (including phenoxy) is 3. The summed E-state index contributed by atoms with van der Waals surface area (Å²) in [5.74, 6) is 0.194. The third-order valence-corrected chi connectivity index (χ3v) is 9.41. The van der Waals surface area contributed by atoms with Crippen molar-refractivity contribution in [1.82, 2.24) is 0 Å². The van der Waals surface area contributed by atoms with E-state index in [0.717, 1.165) is 44.0 Å². The molecular formula is C35H39NO5S. The SMILES string of the molecule is COc1cc(OC(=O)C2C=CC=C(C)C2C)ccc1-c1ccc2c(c1COC(=O)C1CC=C(C)S1)C(C)=CC(C)(C)N2. The Morgan fingerprint density at radius 2 is 1.83 bits per heavy atom. The Balaban J connectivity index is 1.48. The van der Waals surface area contributed by atoms with Gasteiger partial charge in [-0.2, -0.15) is 0 Å². The van der Waals surface area contributed by atoms with Gasteiger partial charge in [0.25, 0.3) is 0 Å². The fourth-order valence-electron chi connectivity index (χ4n) is 5.93. The van der Waals surface area contributed by atoms with Gasteiger partial charge in [-0.25, -0.2) is 0 Å². The summed E-state index contributed by atoms with van der Waals surface area (Å²) in [6, 6.07) is 9.54. The van der Waals surface area contributed by atoms with Gasteiger partial charge in [0.05, 0.1) is 18.6 Å². The zero-order valence-electron chi connectivity index (χ0n) is 25.4. The maximum Gasteiger partial charge on any atom is 0.320 e. The second-order valence-corrected chi connectivity index (χ2v) is 13.3. The summed E-state index contributed by atoms with van der Waals surface area (Å²) < 4.78 is 17.6. The molecule has 5 rings (SSSR count). The lowest BCUT2D eigenvalue weighted by Gasteiger charge is -2.33. The van der Waals surface area contributed by atoms with Gasteiger partial charge >= 0.3 is 11.9 Å². The topological polar surface area (TPSA) is 73.9 Å². The smallest absolute Gasteiger partial charge is 0.320 e. The van der Waals surface area contributed by atoms with Crippen LogP contribution in [0.25, 0.3) is 16.7 Å². The van der Waals surface area contributed by atoms with Crippen LogP contribution in [0.1, 0.15) is 59.1 Å². The Hall–Kier alpha value is -3.71. The van der Waals surface area contributed by atoms with Crippen LogP contribution in [0.15, 0.2) is 71.2 Å². The highest BCUT2D eigenvalue weighted by Crippen LogP contribution is 2.44. The number of rotatable bonds is 7. The number of benzene rings is 2. The van der Waals surface area contributed by atoms with Crippen molar-refractivity contribution < 1.29 is 23.8 Å². The number of carbonyl (C=O) groups excluding carboxylic acids is 2. The van der Waals surface area contributed by atoms with Gasteiger partial charge in [0.2, 0.25) is 0 Å². The molecule has 0 radical (unpaired) electrons. The van der Waals surface area contributed by atoms with E-state index in [1.54, 1.807) is 31.0 Å². The van der Waals surface area contributed by atoms with E-state index in [0.29, 0.717) is 17.9 Å². The number of nitrogens with one attached hydrogen (secondary N) is 1. The fourth-order valence-corrected chi connectivity index (χ4v) is 6.93. The Kier molecular flexibility index (Phi) is 8.42. The van der Waals surface area contributed by atoms with Gasteiger partial charge in [-0.05, 0) is 81.2 Å². The van der Waals surface area contributed by atoms with E-state index in [1.807, 2.05) is 51.1 Å². The summed E-state index contributed by atoms with van der Waals surface area (Å²) in [6.07, 6.45) is 10.8. The molecule has 2 aliphatic heterocycles. The zero-order valence-corrected chi connectivity index (χ0v) is 26.2. The first-order chi connectivity index (χ1) is 20.0. The van der Waals surface area contributed by atoms with Gasteiger partial charge in [-0.3, -0.25) is 9.59 Å².